The fraction of sp³-hybridized carbons (Fsp3) is 0.333. The first-order chi connectivity index (χ1) is 5.18. The number of rotatable bonds is 2. The maximum Gasteiger partial charge on any atom is 0.235 e. The smallest absolute Gasteiger partial charge is 0.235 e. The van der Waals surface area contributed by atoms with E-state index in [1.807, 2.05) is 0 Å². The van der Waals surface area contributed by atoms with Crippen molar-refractivity contribution in [2.24, 2.45) is 0 Å². The molecule has 5 nitrogen and oxygen atoms in total. The van der Waals surface area contributed by atoms with E-state index in [0.29, 0.717) is 12.4 Å². The highest BCUT2D eigenvalue weighted by atomic mass is 16.2. The molecule has 0 aromatic carbocycles. The molecule has 0 aromatic heterocycles. The molecule has 0 radical (unpaired) electrons. The second-order valence-corrected chi connectivity index (χ2v) is 2.18. The van der Waals surface area contributed by atoms with Gasteiger partial charge in [0.1, 0.15) is 5.82 Å². The zero-order chi connectivity index (χ0) is 8.27. The summed E-state index contributed by atoms with van der Waals surface area (Å²) in [5.41, 5.74) is 4.88. The minimum atomic E-state index is -0.202. The second-order valence-electron chi connectivity index (χ2n) is 2.18. The molecule has 0 saturated carbocycles. The van der Waals surface area contributed by atoms with Crippen LogP contribution in [0.2, 0.25) is 0 Å². The monoisotopic (exact) mass is 155 g/mol. The fourth-order valence-electron chi connectivity index (χ4n) is 0.681. The molecule has 0 aromatic rings. The van der Waals surface area contributed by atoms with Gasteiger partial charge in [-0.25, -0.2) is 0 Å². The van der Waals surface area contributed by atoms with E-state index < -0.39 is 0 Å². The van der Waals surface area contributed by atoms with E-state index in [1.54, 1.807) is 0 Å². The molecule has 0 spiro atoms. The molecule has 11 heavy (non-hydrogen) atoms. The Balaban J connectivity index is 2.33. The first-order valence-corrected chi connectivity index (χ1v) is 3.19. The van der Waals surface area contributed by atoms with Crippen LogP contribution in [0.5, 0.6) is 0 Å². The third kappa shape index (κ3) is 2.29. The van der Waals surface area contributed by atoms with E-state index in [4.69, 9.17) is 0 Å². The molecule has 0 aliphatic carbocycles. The minimum Gasteiger partial charge on any atom is -0.363 e. The van der Waals surface area contributed by atoms with Gasteiger partial charge >= 0.3 is 0 Å². The predicted molar refractivity (Wildman–Crippen MR) is 38.0 cm³/mol. The highest BCUT2D eigenvalue weighted by Crippen LogP contribution is 1.90. The van der Waals surface area contributed by atoms with Crippen molar-refractivity contribution in [1.29, 1.82) is 0 Å². The summed E-state index contributed by atoms with van der Waals surface area (Å²) in [7, 11) is 0. The number of hydrogen-bond acceptors (Lipinski definition) is 4. The van der Waals surface area contributed by atoms with E-state index in [9.17, 15) is 9.59 Å². The lowest BCUT2D eigenvalue weighted by Crippen LogP contribution is -2.38. The Morgan fingerprint density at radius 3 is 2.91 bits per heavy atom. The molecule has 1 aliphatic heterocycles. The van der Waals surface area contributed by atoms with Gasteiger partial charge in [0.05, 0.1) is 6.54 Å². The summed E-state index contributed by atoms with van der Waals surface area (Å²) in [4.78, 5) is 21.0. The standard InChI is InChI=1S/C6H9N3O2/c1-4(10)8-9-6-2-5(11)3-7-6/h2,7,9H,3H2,1H3,(H,8,10). The van der Waals surface area contributed by atoms with Gasteiger partial charge in [0.2, 0.25) is 5.91 Å². The number of hydrazine groups is 1. The Bertz CT molecular complexity index is 222. The van der Waals surface area contributed by atoms with Gasteiger partial charge in [-0.2, -0.15) is 0 Å². The molecule has 5 heteroatoms. The third-order valence-corrected chi connectivity index (χ3v) is 1.13. The second kappa shape index (κ2) is 3.05. The molecule has 60 valence electrons. The maximum atomic E-state index is 10.6. The Morgan fingerprint density at radius 2 is 2.45 bits per heavy atom. The van der Waals surface area contributed by atoms with Crippen LogP contribution in [-0.2, 0) is 9.59 Å². The maximum absolute atomic E-state index is 10.6. The lowest BCUT2D eigenvalue weighted by Gasteiger charge is -2.06. The van der Waals surface area contributed by atoms with Crippen LogP contribution in [0.15, 0.2) is 11.9 Å². The fourth-order valence-corrected chi connectivity index (χ4v) is 0.681. The number of ketones is 1. The number of carbonyl (C=O) groups is 2. The van der Waals surface area contributed by atoms with Crippen molar-refractivity contribution < 1.29 is 9.59 Å². The van der Waals surface area contributed by atoms with Gasteiger partial charge in [0.25, 0.3) is 0 Å². The third-order valence-electron chi connectivity index (χ3n) is 1.13. The lowest BCUT2D eigenvalue weighted by molar-refractivity contribution is -0.119. The first-order valence-electron chi connectivity index (χ1n) is 3.19. The van der Waals surface area contributed by atoms with Crippen LogP contribution in [0.4, 0.5) is 0 Å². The average molecular weight is 155 g/mol. The zero-order valence-electron chi connectivity index (χ0n) is 6.10. The number of carbonyl (C=O) groups excluding carboxylic acids is 2. The van der Waals surface area contributed by atoms with Crippen molar-refractivity contribution in [3.8, 4) is 0 Å². The molecule has 0 saturated heterocycles. The van der Waals surface area contributed by atoms with Crippen LogP contribution in [0.25, 0.3) is 0 Å². The summed E-state index contributed by atoms with van der Waals surface area (Å²) in [6.45, 7) is 1.67. The molecular formula is C6H9N3O2. The lowest BCUT2D eigenvalue weighted by atomic mass is 10.4. The van der Waals surface area contributed by atoms with Gasteiger partial charge in [-0.1, -0.05) is 0 Å². The van der Waals surface area contributed by atoms with Crippen LogP contribution in [0.3, 0.4) is 0 Å². The topological polar surface area (TPSA) is 70.2 Å². The molecule has 1 heterocycles. The Hall–Kier alpha value is -1.52. The Kier molecular flexibility index (Phi) is 2.10. The van der Waals surface area contributed by atoms with Crippen molar-refractivity contribution in [2.45, 2.75) is 6.92 Å². The predicted octanol–water partition coefficient (Wildman–Crippen LogP) is -1.36. The Morgan fingerprint density at radius 1 is 1.73 bits per heavy atom. The van der Waals surface area contributed by atoms with Gasteiger partial charge < -0.3 is 5.32 Å². The molecule has 0 fully saturated rings. The van der Waals surface area contributed by atoms with Crippen molar-refractivity contribution in [2.75, 3.05) is 6.54 Å². The number of hydrogen-bond donors (Lipinski definition) is 3. The first kappa shape index (κ1) is 7.59. The summed E-state index contributed by atoms with van der Waals surface area (Å²) in [6, 6.07) is 0. The molecule has 0 unspecified atom stereocenters. The summed E-state index contributed by atoms with van der Waals surface area (Å²) >= 11 is 0. The normalized spacial score (nSPS) is 15.4. The largest absolute Gasteiger partial charge is 0.363 e. The molecule has 0 atom stereocenters. The summed E-state index contributed by atoms with van der Waals surface area (Å²) in [6.07, 6.45) is 1.40. The highest BCUT2D eigenvalue weighted by Gasteiger charge is 2.09. The van der Waals surface area contributed by atoms with Crippen molar-refractivity contribution >= 4 is 11.7 Å². The molecular weight excluding hydrogens is 146 g/mol. The zero-order valence-corrected chi connectivity index (χ0v) is 6.10. The number of nitrogens with one attached hydrogen (secondary N) is 3. The molecule has 1 rings (SSSR count). The average Bonchev–Trinajstić information content (AvgIpc) is 2.31. The van der Waals surface area contributed by atoms with Crippen molar-refractivity contribution in [3.05, 3.63) is 11.9 Å². The number of amides is 1. The van der Waals surface area contributed by atoms with Gasteiger partial charge in [0, 0.05) is 13.0 Å². The van der Waals surface area contributed by atoms with Crippen LogP contribution < -0.4 is 16.2 Å². The van der Waals surface area contributed by atoms with Gasteiger partial charge in [-0.3, -0.25) is 20.4 Å². The van der Waals surface area contributed by atoms with Crippen LogP contribution >= 0.6 is 0 Å². The molecule has 1 amide bonds. The van der Waals surface area contributed by atoms with E-state index in [0.717, 1.165) is 0 Å². The molecule has 0 bridgehead atoms. The summed E-state index contributed by atoms with van der Waals surface area (Å²) in [5, 5.41) is 2.75. The van der Waals surface area contributed by atoms with Crippen LogP contribution in [0.1, 0.15) is 6.92 Å². The summed E-state index contributed by atoms with van der Waals surface area (Å²) < 4.78 is 0. The molecule has 3 N–H and O–H groups in total. The Labute approximate surface area is 63.8 Å². The van der Waals surface area contributed by atoms with E-state index in [2.05, 4.69) is 16.2 Å². The molecule has 1 aliphatic rings. The van der Waals surface area contributed by atoms with Crippen LogP contribution in [-0.4, -0.2) is 18.2 Å². The van der Waals surface area contributed by atoms with E-state index in [-0.39, 0.29) is 11.7 Å². The van der Waals surface area contributed by atoms with E-state index >= 15 is 0 Å². The van der Waals surface area contributed by atoms with Crippen molar-refractivity contribution in [1.82, 2.24) is 16.2 Å². The summed E-state index contributed by atoms with van der Waals surface area (Å²) in [5.74, 6) is 0.329. The van der Waals surface area contributed by atoms with Gasteiger partial charge in [-0.15, -0.1) is 0 Å². The quantitative estimate of drug-likeness (QED) is 0.431. The van der Waals surface area contributed by atoms with Crippen LogP contribution in [0, 0.1) is 0 Å². The van der Waals surface area contributed by atoms with Gasteiger partial charge in [-0.05, 0) is 0 Å². The highest BCUT2D eigenvalue weighted by molar-refractivity contribution is 5.94. The van der Waals surface area contributed by atoms with Crippen molar-refractivity contribution in [3.63, 3.8) is 0 Å². The van der Waals surface area contributed by atoms with Gasteiger partial charge in [0.15, 0.2) is 5.78 Å². The van der Waals surface area contributed by atoms with E-state index in [1.165, 1.54) is 13.0 Å². The minimum absolute atomic E-state index is 0.00199. The SMILES string of the molecule is CC(=O)NNC1=CC(=O)CN1.